The molecule has 3 fully saturated rings. The number of aliphatic hydroxyl groups excluding tert-OH is 2. The number of nitrogens with one attached hydrogen (secondary N) is 1. The number of hydrogen-bond donors (Lipinski definition) is 6. The molecule has 4 aliphatic carbocycles. The Labute approximate surface area is 375 Å². The van der Waals surface area contributed by atoms with Gasteiger partial charge in [-0.2, -0.15) is 0 Å². The van der Waals surface area contributed by atoms with Gasteiger partial charge in [0.25, 0.3) is 5.91 Å². The number of benzene rings is 1. The van der Waals surface area contributed by atoms with Crippen LogP contribution in [-0.4, -0.2) is 98.1 Å². The number of Topliss-reactive ketones (excluding diaryl/α,β-unsaturated/α-hetero) is 1. The second-order valence-corrected chi connectivity index (χ2v) is 20.3. The third kappa shape index (κ3) is 7.42. The molecule has 14 nitrogen and oxygen atoms in total. The van der Waals surface area contributed by atoms with E-state index in [2.05, 4.69) is 24.4 Å². The van der Waals surface area contributed by atoms with Crippen molar-refractivity contribution in [2.24, 2.45) is 40.4 Å². The van der Waals surface area contributed by atoms with Gasteiger partial charge in [0.1, 0.15) is 34.5 Å². The van der Waals surface area contributed by atoms with Gasteiger partial charge in [0.2, 0.25) is 5.78 Å². The number of rotatable bonds is 6. The molecule has 348 valence electrons. The van der Waals surface area contributed by atoms with Crippen molar-refractivity contribution >= 4 is 23.6 Å². The first-order chi connectivity index (χ1) is 29.8. The van der Waals surface area contributed by atoms with Gasteiger partial charge in [0, 0.05) is 23.5 Å². The molecule has 2 aliphatic heterocycles. The number of aryl methyl sites for hydroxylation is 1. The molecule has 2 saturated heterocycles. The van der Waals surface area contributed by atoms with Crippen molar-refractivity contribution in [2.45, 2.75) is 143 Å². The molecular formula is C50H65NO13. The number of carboxylic acids is 1. The Morgan fingerprint density at radius 2 is 1.67 bits per heavy atom. The van der Waals surface area contributed by atoms with Crippen LogP contribution < -0.4 is 10.1 Å². The van der Waals surface area contributed by atoms with Gasteiger partial charge >= 0.3 is 11.9 Å². The highest BCUT2D eigenvalue weighted by Gasteiger charge is 2.67. The first-order valence-corrected chi connectivity index (χ1v) is 22.4. The summed E-state index contributed by atoms with van der Waals surface area (Å²) in [6, 6.07) is 1.78. The second-order valence-electron chi connectivity index (χ2n) is 20.3. The molecule has 2 heterocycles. The van der Waals surface area contributed by atoms with Gasteiger partial charge in [0.15, 0.2) is 11.9 Å². The maximum atomic E-state index is 15.2. The lowest BCUT2D eigenvalue weighted by atomic mass is 9.48. The monoisotopic (exact) mass is 887 g/mol. The first-order valence-electron chi connectivity index (χ1n) is 22.4. The Kier molecular flexibility index (Phi) is 12.2. The second kappa shape index (κ2) is 16.6. The third-order valence-electron chi connectivity index (χ3n) is 15.7. The van der Waals surface area contributed by atoms with Gasteiger partial charge in [-0.1, -0.05) is 61.8 Å². The number of aliphatic carboxylic acids is 1. The summed E-state index contributed by atoms with van der Waals surface area (Å²) in [6.07, 6.45) is 5.30. The van der Waals surface area contributed by atoms with Crippen LogP contribution in [-0.2, 0) is 28.6 Å². The number of aliphatic hydroxyl groups is 3. The number of carbonyl (C=O) groups is 4. The minimum Gasteiger partial charge on any atom is -0.511 e. The number of methoxy groups -OCH3 is 1. The normalized spacial score (nSPS) is 40.1. The predicted octanol–water partition coefficient (Wildman–Crippen LogP) is 6.71. The Morgan fingerprint density at radius 3 is 2.31 bits per heavy atom. The number of carboxylic acid groups (broad SMARTS) is 1. The van der Waals surface area contributed by atoms with Crippen molar-refractivity contribution in [3.63, 3.8) is 0 Å². The number of aromatic hydroxyl groups is 1. The molecule has 1 aromatic carbocycles. The van der Waals surface area contributed by atoms with E-state index < -0.39 is 93.7 Å². The average molecular weight is 888 g/mol. The summed E-state index contributed by atoms with van der Waals surface area (Å²) in [5.74, 6) is -5.72. The molecule has 7 rings (SSSR count). The molecule has 1 saturated carbocycles. The third-order valence-corrected chi connectivity index (χ3v) is 15.7. The SMILES string of the molecule is COc1cc(C)c(C(=O)NC2C(C)OC(OC3CC(C)=CC4C3CC(C)C3C(C)=CCCC(C)=CC5(C)C=C(C(=O)O)C(C)CC56OC(=O)C(=C(O)C43C)C6=O)C(O)C2(C)O)c(O)c1. The van der Waals surface area contributed by atoms with Gasteiger partial charge in [-0.25, -0.2) is 9.59 Å². The van der Waals surface area contributed by atoms with Crippen LogP contribution in [0.5, 0.6) is 11.5 Å². The molecule has 14 unspecified atom stereocenters. The number of phenols is 1. The fourth-order valence-corrected chi connectivity index (χ4v) is 12.6. The summed E-state index contributed by atoms with van der Waals surface area (Å²) in [7, 11) is 1.44. The number of allylic oxidation sites excluding steroid dienone is 5. The van der Waals surface area contributed by atoms with Gasteiger partial charge in [0.05, 0.1) is 36.3 Å². The average Bonchev–Trinajstić information content (AvgIpc) is 3.45. The van der Waals surface area contributed by atoms with E-state index in [1.54, 1.807) is 39.8 Å². The summed E-state index contributed by atoms with van der Waals surface area (Å²) in [6.45, 7) is 18.0. The van der Waals surface area contributed by atoms with Crippen LogP contribution in [0, 0.1) is 47.3 Å². The van der Waals surface area contributed by atoms with Crippen molar-refractivity contribution in [2.75, 3.05) is 7.11 Å². The van der Waals surface area contributed by atoms with E-state index in [1.807, 2.05) is 33.8 Å². The largest absolute Gasteiger partial charge is 0.511 e. The van der Waals surface area contributed by atoms with Crippen LogP contribution in [0.1, 0.15) is 110 Å². The Hall–Kier alpha value is -4.76. The summed E-state index contributed by atoms with van der Waals surface area (Å²) < 4.78 is 24.5. The number of ketones is 1. The Morgan fingerprint density at radius 1 is 0.984 bits per heavy atom. The molecule has 14 atom stereocenters. The molecule has 14 heteroatoms. The van der Waals surface area contributed by atoms with E-state index in [-0.39, 0.29) is 46.8 Å². The van der Waals surface area contributed by atoms with Crippen LogP contribution in [0.4, 0.5) is 0 Å². The van der Waals surface area contributed by atoms with E-state index in [1.165, 1.54) is 20.1 Å². The molecule has 0 aromatic heterocycles. The number of fused-ring (bicyclic) bond motifs is 4. The molecular weight excluding hydrogens is 823 g/mol. The molecule has 2 bridgehead atoms. The highest BCUT2D eigenvalue weighted by atomic mass is 16.7. The van der Waals surface area contributed by atoms with E-state index >= 15 is 4.79 Å². The van der Waals surface area contributed by atoms with E-state index in [0.717, 1.165) is 16.7 Å². The van der Waals surface area contributed by atoms with Gasteiger partial charge < -0.3 is 49.8 Å². The summed E-state index contributed by atoms with van der Waals surface area (Å²) in [5, 5.41) is 60.3. The number of ether oxygens (including phenoxy) is 4. The molecule has 1 amide bonds. The van der Waals surface area contributed by atoms with E-state index in [9.17, 15) is 39.9 Å². The number of phenolic OH excluding ortho intramolecular Hbond substituents is 1. The first kappa shape index (κ1) is 47.2. The lowest BCUT2D eigenvalue weighted by Gasteiger charge is -2.57. The van der Waals surface area contributed by atoms with Crippen molar-refractivity contribution in [3.8, 4) is 11.5 Å². The maximum absolute atomic E-state index is 15.2. The summed E-state index contributed by atoms with van der Waals surface area (Å²) in [5.41, 5.74) is -3.46. The molecule has 6 aliphatic rings. The van der Waals surface area contributed by atoms with Crippen LogP contribution in [0.25, 0.3) is 0 Å². The number of amides is 1. The molecule has 0 radical (unpaired) electrons. The fourth-order valence-electron chi connectivity index (χ4n) is 12.6. The van der Waals surface area contributed by atoms with Crippen LogP contribution in [0.15, 0.2) is 70.1 Å². The number of hydrogen-bond acceptors (Lipinski definition) is 12. The van der Waals surface area contributed by atoms with Gasteiger partial charge in [-0.15, -0.1) is 0 Å². The Balaban J connectivity index is 1.25. The highest BCUT2D eigenvalue weighted by molar-refractivity contribution is 6.26. The number of esters is 1. The molecule has 1 spiro atoms. The van der Waals surface area contributed by atoms with E-state index in [0.29, 0.717) is 37.0 Å². The Bertz CT molecular complexity index is 2280. The van der Waals surface area contributed by atoms with Crippen molar-refractivity contribution in [3.05, 3.63) is 81.2 Å². The standard InChI is InChI=1S/C50H65NO13/c1-23-13-12-14-25(3)38-27(5)18-31-33(48(38,9)40(53)37-41(54)50(64-45(37)59)21-28(6)32(44(57)58)22-47(50,8)20-23)15-24(2)16-35(31)63-46-42(55)49(10,60)39(29(7)62-46)51-43(56)36-26(4)17-30(61-11)19-34(36)52/h14-15,17,19-20,22,27-29,31,33,35,38-39,42,46,52-53,55,60H,12-13,16,18,21H2,1-11H3,(H,51,56)(H,57,58). The summed E-state index contributed by atoms with van der Waals surface area (Å²) in [4.78, 5) is 55.6. The summed E-state index contributed by atoms with van der Waals surface area (Å²) >= 11 is 0. The van der Waals surface area contributed by atoms with Gasteiger partial charge in [-0.05, 0) is 115 Å². The topological polar surface area (TPSA) is 218 Å². The maximum Gasteiger partial charge on any atom is 0.346 e. The van der Waals surface area contributed by atoms with E-state index in [4.69, 9.17) is 18.9 Å². The minimum absolute atomic E-state index is 0.0167. The number of carbonyl (C=O) groups excluding carboxylic acids is 3. The lowest BCUT2D eigenvalue weighted by Crippen LogP contribution is -2.70. The van der Waals surface area contributed by atoms with Crippen molar-refractivity contribution in [1.82, 2.24) is 5.32 Å². The molecule has 6 N–H and O–H groups in total. The zero-order valence-electron chi connectivity index (χ0n) is 38.8. The lowest BCUT2D eigenvalue weighted by molar-refractivity contribution is -0.315. The quantitative estimate of drug-likeness (QED) is 0.0995. The smallest absolute Gasteiger partial charge is 0.346 e. The van der Waals surface area contributed by atoms with Gasteiger partial charge in [-0.3, -0.25) is 9.59 Å². The fraction of sp³-hybridized carbons (Fsp3) is 0.600. The predicted molar refractivity (Wildman–Crippen MR) is 235 cm³/mol. The zero-order chi connectivity index (χ0) is 47.2. The van der Waals surface area contributed by atoms with Crippen LogP contribution in [0.3, 0.4) is 0 Å². The molecule has 64 heavy (non-hydrogen) atoms. The minimum atomic E-state index is -1.97. The van der Waals surface area contributed by atoms with Crippen LogP contribution in [0.2, 0.25) is 0 Å². The van der Waals surface area contributed by atoms with Crippen molar-refractivity contribution in [1.29, 1.82) is 0 Å². The van der Waals surface area contributed by atoms with Crippen molar-refractivity contribution < 1.29 is 63.7 Å². The zero-order valence-corrected chi connectivity index (χ0v) is 38.8. The highest BCUT2D eigenvalue weighted by Crippen LogP contribution is 2.62. The van der Waals surface area contributed by atoms with Crippen LogP contribution >= 0.6 is 0 Å². The molecule has 1 aromatic rings.